The van der Waals surface area contributed by atoms with E-state index in [-0.39, 0.29) is 5.91 Å². The summed E-state index contributed by atoms with van der Waals surface area (Å²) in [5.41, 5.74) is 2.20. The molecular formula is C15H10ClN3OS. The Labute approximate surface area is 130 Å². The first-order valence-electron chi connectivity index (χ1n) is 6.15. The second kappa shape index (κ2) is 6.03. The number of benzene rings is 1. The van der Waals surface area contributed by atoms with Gasteiger partial charge in [-0.2, -0.15) is 0 Å². The standard InChI is InChI=1S/C15H10ClN3OS/c16-12-5-1-3-10(7-12)14(20)19-15-18-13(9-21-15)11-4-2-6-17-8-11/h1-9H,(H,18,19,20). The van der Waals surface area contributed by atoms with E-state index in [1.807, 2.05) is 17.5 Å². The minimum absolute atomic E-state index is 0.232. The Morgan fingerprint density at radius 2 is 2.14 bits per heavy atom. The summed E-state index contributed by atoms with van der Waals surface area (Å²) in [5, 5.41) is 5.71. The number of anilines is 1. The molecule has 21 heavy (non-hydrogen) atoms. The van der Waals surface area contributed by atoms with Crippen molar-refractivity contribution in [2.45, 2.75) is 0 Å². The average Bonchev–Trinajstić information content (AvgIpc) is 2.97. The Hall–Kier alpha value is -2.24. The third-order valence-corrected chi connectivity index (χ3v) is 3.76. The molecule has 3 aromatic rings. The molecular weight excluding hydrogens is 306 g/mol. The monoisotopic (exact) mass is 315 g/mol. The van der Waals surface area contributed by atoms with Gasteiger partial charge in [-0.15, -0.1) is 11.3 Å². The smallest absolute Gasteiger partial charge is 0.257 e. The normalized spacial score (nSPS) is 10.3. The maximum absolute atomic E-state index is 12.1. The fourth-order valence-corrected chi connectivity index (χ4v) is 2.68. The van der Waals surface area contributed by atoms with Gasteiger partial charge in [-0.1, -0.05) is 17.7 Å². The number of pyridine rings is 1. The zero-order valence-electron chi connectivity index (χ0n) is 10.8. The first-order chi connectivity index (χ1) is 10.2. The Morgan fingerprint density at radius 3 is 2.90 bits per heavy atom. The Kier molecular flexibility index (Phi) is 3.94. The minimum atomic E-state index is -0.232. The van der Waals surface area contributed by atoms with Crippen LogP contribution in [0.3, 0.4) is 0 Å². The van der Waals surface area contributed by atoms with Gasteiger partial charge < -0.3 is 0 Å². The average molecular weight is 316 g/mol. The fraction of sp³-hybridized carbons (Fsp3) is 0. The highest BCUT2D eigenvalue weighted by Gasteiger charge is 2.10. The third-order valence-electron chi connectivity index (χ3n) is 2.77. The molecule has 0 radical (unpaired) electrons. The van der Waals surface area contributed by atoms with Gasteiger partial charge in [0.1, 0.15) is 0 Å². The third kappa shape index (κ3) is 3.26. The molecule has 104 valence electrons. The molecule has 0 aliphatic heterocycles. The number of rotatable bonds is 3. The second-order valence-electron chi connectivity index (χ2n) is 4.24. The van der Waals surface area contributed by atoms with Crippen molar-refractivity contribution in [2.75, 3.05) is 5.32 Å². The number of carbonyl (C=O) groups is 1. The van der Waals surface area contributed by atoms with Crippen molar-refractivity contribution >= 4 is 34.0 Å². The summed E-state index contributed by atoms with van der Waals surface area (Å²) >= 11 is 7.24. The molecule has 2 heterocycles. The molecule has 1 N–H and O–H groups in total. The number of aromatic nitrogens is 2. The maximum atomic E-state index is 12.1. The largest absolute Gasteiger partial charge is 0.298 e. The maximum Gasteiger partial charge on any atom is 0.257 e. The van der Waals surface area contributed by atoms with Crippen molar-refractivity contribution in [3.8, 4) is 11.3 Å². The molecule has 0 aliphatic carbocycles. The summed E-state index contributed by atoms with van der Waals surface area (Å²) in [6, 6.07) is 10.6. The van der Waals surface area contributed by atoms with E-state index in [9.17, 15) is 4.79 Å². The van der Waals surface area contributed by atoms with E-state index >= 15 is 0 Å². The molecule has 3 rings (SSSR count). The van der Waals surface area contributed by atoms with E-state index in [0.717, 1.165) is 11.3 Å². The highest BCUT2D eigenvalue weighted by atomic mass is 35.5. The van der Waals surface area contributed by atoms with Crippen LogP contribution in [0, 0.1) is 0 Å². The Balaban J connectivity index is 1.77. The number of carbonyl (C=O) groups excluding carboxylic acids is 1. The van der Waals surface area contributed by atoms with Gasteiger partial charge >= 0.3 is 0 Å². The molecule has 1 aromatic carbocycles. The molecule has 0 bridgehead atoms. The molecule has 0 unspecified atom stereocenters. The van der Waals surface area contributed by atoms with Crippen molar-refractivity contribution < 1.29 is 4.79 Å². The topological polar surface area (TPSA) is 54.9 Å². The van der Waals surface area contributed by atoms with Crippen LogP contribution in [0.2, 0.25) is 5.02 Å². The zero-order chi connectivity index (χ0) is 14.7. The Bertz CT molecular complexity index is 773. The molecule has 0 spiro atoms. The van der Waals surface area contributed by atoms with Crippen LogP contribution in [0.15, 0.2) is 54.2 Å². The SMILES string of the molecule is O=C(Nc1nc(-c2cccnc2)cs1)c1cccc(Cl)c1. The van der Waals surface area contributed by atoms with Crippen LogP contribution in [-0.2, 0) is 0 Å². The lowest BCUT2D eigenvalue weighted by molar-refractivity contribution is 0.102. The summed E-state index contributed by atoms with van der Waals surface area (Å²) in [6.07, 6.45) is 3.44. The summed E-state index contributed by atoms with van der Waals surface area (Å²) in [6.45, 7) is 0. The van der Waals surface area contributed by atoms with Gasteiger partial charge in [0.05, 0.1) is 5.69 Å². The van der Waals surface area contributed by atoms with Crippen LogP contribution >= 0.6 is 22.9 Å². The number of thiazole rings is 1. The van der Waals surface area contributed by atoms with Crippen LogP contribution in [0.4, 0.5) is 5.13 Å². The van der Waals surface area contributed by atoms with E-state index < -0.39 is 0 Å². The predicted molar refractivity (Wildman–Crippen MR) is 84.8 cm³/mol. The number of hydrogen-bond acceptors (Lipinski definition) is 4. The minimum Gasteiger partial charge on any atom is -0.298 e. The zero-order valence-corrected chi connectivity index (χ0v) is 12.4. The molecule has 2 aromatic heterocycles. The molecule has 0 saturated carbocycles. The van der Waals surface area contributed by atoms with Gasteiger partial charge in [0.25, 0.3) is 5.91 Å². The Morgan fingerprint density at radius 1 is 1.24 bits per heavy atom. The molecule has 1 amide bonds. The van der Waals surface area contributed by atoms with E-state index in [4.69, 9.17) is 11.6 Å². The first-order valence-corrected chi connectivity index (χ1v) is 7.41. The summed E-state index contributed by atoms with van der Waals surface area (Å²) < 4.78 is 0. The first kappa shape index (κ1) is 13.7. The summed E-state index contributed by atoms with van der Waals surface area (Å²) in [5.74, 6) is -0.232. The van der Waals surface area contributed by atoms with Crippen LogP contribution in [0.1, 0.15) is 10.4 Å². The quantitative estimate of drug-likeness (QED) is 0.791. The fourth-order valence-electron chi connectivity index (χ4n) is 1.78. The van der Waals surface area contributed by atoms with Gasteiger partial charge in [0.2, 0.25) is 0 Å². The highest BCUT2D eigenvalue weighted by molar-refractivity contribution is 7.14. The lowest BCUT2D eigenvalue weighted by Crippen LogP contribution is -2.11. The van der Waals surface area contributed by atoms with Crippen LogP contribution in [0.25, 0.3) is 11.3 Å². The van der Waals surface area contributed by atoms with Gasteiger partial charge in [-0.3, -0.25) is 15.1 Å². The lowest BCUT2D eigenvalue weighted by atomic mass is 10.2. The van der Waals surface area contributed by atoms with Gasteiger partial charge in [0, 0.05) is 33.9 Å². The highest BCUT2D eigenvalue weighted by Crippen LogP contribution is 2.24. The molecule has 4 nitrogen and oxygen atoms in total. The van der Waals surface area contributed by atoms with Crippen LogP contribution in [0.5, 0.6) is 0 Å². The number of hydrogen-bond donors (Lipinski definition) is 1. The lowest BCUT2D eigenvalue weighted by Gasteiger charge is -2.01. The van der Waals surface area contributed by atoms with E-state index in [2.05, 4.69) is 15.3 Å². The molecule has 0 fully saturated rings. The predicted octanol–water partition coefficient (Wildman–Crippen LogP) is 4.11. The number of nitrogens with zero attached hydrogens (tertiary/aromatic N) is 2. The van der Waals surface area contributed by atoms with Crippen molar-refractivity contribution in [3.63, 3.8) is 0 Å². The van der Waals surface area contributed by atoms with Crippen molar-refractivity contribution in [1.29, 1.82) is 0 Å². The van der Waals surface area contributed by atoms with Crippen LogP contribution < -0.4 is 5.32 Å². The molecule has 0 atom stereocenters. The summed E-state index contributed by atoms with van der Waals surface area (Å²) in [4.78, 5) is 20.5. The number of nitrogens with one attached hydrogen (secondary N) is 1. The van der Waals surface area contributed by atoms with Crippen molar-refractivity contribution in [1.82, 2.24) is 9.97 Å². The van der Waals surface area contributed by atoms with Crippen LogP contribution in [-0.4, -0.2) is 15.9 Å². The van der Waals surface area contributed by atoms with Gasteiger partial charge in [0.15, 0.2) is 5.13 Å². The molecule has 0 aliphatic rings. The summed E-state index contributed by atoms with van der Waals surface area (Å²) in [7, 11) is 0. The molecule has 0 saturated heterocycles. The van der Waals surface area contributed by atoms with Gasteiger partial charge in [-0.05, 0) is 30.3 Å². The number of amides is 1. The van der Waals surface area contributed by atoms with Crippen molar-refractivity contribution in [3.05, 3.63) is 64.8 Å². The second-order valence-corrected chi connectivity index (χ2v) is 5.54. The molecule has 6 heteroatoms. The van der Waals surface area contributed by atoms with Crippen molar-refractivity contribution in [2.24, 2.45) is 0 Å². The number of halogens is 1. The van der Waals surface area contributed by atoms with E-state index in [0.29, 0.717) is 15.7 Å². The van der Waals surface area contributed by atoms with E-state index in [1.165, 1.54) is 11.3 Å². The van der Waals surface area contributed by atoms with Gasteiger partial charge in [-0.25, -0.2) is 4.98 Å². The van der Waals surface area contributed by atoms with E-state index in [1.54, 1.807) is 36.7 Å².